The van der Waals surface area contributed by atoms with Crippen LogP contribution in [0.1, 0.15) is 44.4 Å². The normalized spacial score (nSPS) is 17.5. The highest BCUT2D eigenvalue weighted by molar-refractivity contribution is 5.44. The topological polar surface area (TPSA) is 101 Å². The van der Waals surface area contributed by atoms with Crippen LogP contribution in [-0.2, 0) is 0 Å². The molecule has 10 nitrogen and oxygen atoms in total. The largest absolute Gasteiger partial charge is 0.353 e. The minimum Gasteiger partial charge on any atom is -0.353 e. The lowest BCUT2D eigenvalue weighted by atomic mass is 10.2. The van der Waals surface area contributed by atoms with Crippen molar-refractivity contribution in [2.45, 2.75) is 32.7 Å². The molecule has 1 fully saturated rings. The number of aromatic nitrogens is 7. The molecular formula is C15H21N9O. The summed E-state index contributed by atoms with van der Waals surface area (Å²) in [6.07, 6.45) is 0. The number of rotatable bonds is 4. The Morgan fingerprint density at radius 2 is 1.88 bits per heavy atom. The zero-order valence-electron chi connectivity index (χ0n) is 14.6. The number of anilines is 1. The first-order chi connectivity index (χ1) is 12.1. The summed E-state index contributed by atoms with van der Waals surface area (Å²) in [5, 5.41) is 19.9. The van der Waals surface area contributed by atoms with Gasteiger partial charge in [-0.05, 0) is 29.5 Å². The van der Waals surface area contributed by atoms with E-state index in [9.17, 15) is 0 Å². The van der Waals surface area contributed by atoms with Crippen molar-refractivity contribution in [3.63, 3.8) is 0 Å². The molecule has 0 N–H and O–H groups in total. The summed E-state index contributed by atoms with van der Waals surface area (Å²) >= 11 is 0. The van der Waals surface area contributed by atoms with Gasteiger partial charge in [-0.25, -0.2) is 0 Å². The van der Waals surface area contributed by atoms with Crippen LogP contribution in [0.2, 0.25) is 0 Å². The maximum atomic E-state index is 5.44. The van der Waals surface area contributed by atoms with Gasteiger partial charge in [0.15, 0.2) is 17.3 Å². The van der Waals surface area contributed by atoms with E-state index in [-0.39, 0.29) is 12.0 Å². The Bertz CT molecular complexity index is 849. The van der Waals surface area contributed by atoms with E-state index in [0.29, 0.717) is 11.5 Å². The summed E-state index contributed by atoms with van der Waals surface area (Å²) in [6, 6.07) is 3.94. The molecule has 25 heavy (non-hydrogen) atoms. The van der Waals surface area contributed by atoms with Crippen LogP contribution in [0.5, 0.6) is 0 Å². The van der Waals surface area contributed by atoms with Crippen LogP contribution < -0.4 is 4.90 Å². The van der Waals surface area contributed by atoms with Crippen molar-refractivity contribution in [3.05, 3.63) is 23.8 Å². The zero-order chi connectivity index (χ0) is 17.4. The molecule has 0 amide bonds. The Hall–Kier alpha value is -2.62. The van der Waals surface area contributed by atoms with Crippen LogP contribution in [0.25, 0.3) is 5.65 Å². The molecule has 0 aliphatic carbocycles. The van der Waals surface area contributed by atoms with Gasteiger partial charge in [0.25, 0.3) is 0 Å². The van der Waals surface area contributed by atoms with E-state index in [4.69, 9.17) is 4.52 Å². The average molecular weight is 343 g/mol. The lowest BCUT2D eigenvalue weighted by molar-refractivity contribution is 0.164. The Balaban J connectivity index is 1.41. The number of piperazine rings is 1. The molecule has 0 saturated carbocycles. The summed E-state index contributed by atoms with van der Waals surface area (Å²) in [5.41, 5.74) is 0.647. The fourth-order valence-corrected chi connectivity index (χ4v) is 2.95. The van der Waals surface area contributed by atoms with E-state index < -0.39 is 0 Å². The van der Waals surface area contributed by atoms with Gasteiger partial charge in [0.05, 0.1) is 6.04 Å². The molecule has 1 aliphatic heterocycles. The van der Waals surface area contributed by atoms with Gasteiger partial charge in [-0.3, -0.25) is 4.90 Å². The van der Waals surface area contributed by atoms with Crippen LogP contribution >= 0.6 is 0 Å². The van der Waals surface area contributed by atoms with Crippen LogP contribution in [-0.4, -0.2) is 66.5 Å². The van der Waals surface area contributed by atoms with Crippen molar-refractivity contribution < 1.29 is 4.52 Å². The molecule has 0 radical (unpaired) electrons. The van der Waals surface area contributed by atoms with Crippen molar-refractivity contribution >= 4 is 11.5 Å². The third kappa shape index (κ3) is 3.04. The second-order valence-corrected chi connectivity index (χ2v) is 6.56. The fourth-order valence-electron chi connectivity index (χ4n) is 2.95. The molecule has 1 saturated heterocycles. The first-order valence-corrected chi connectivity index (χ1v) is 8.50. The van der Waals surface area contributed by atoms with E-state index in [0.717, 1.165) is 37.8 Å². The van der Waals surface area contributed by atoms with Crippen molar-refractivity contribution in [1.82, 2.24) is 40.3 Å². The molecule has 4 rings (SSSR count). The van der Waals surface area contributed by atoms with Gasteiger partial charge in [-0.1, -0.05) is 19.0 Å². The Morgan fingerprint density at radius 3 is 2.60 bits per heavy atom. The van der Waals surface area contributed by atoms with Gasteiger partial charge in [-0.15, -0.1) is 14.8 Å². The quantitative estimate of drug-likeness (QED) is 0.684. The van der Waals surface area contributed by atoms with Crippen LogP contribution in [0.15, 0.2) is 16.7 Å². The van der Waals surface area contributed by atoms with Gasteiger partial charge < -0.3 is 9.42 Å². The van der Waals surface area contributed by atoms with Crippen molar-refractivity contribution in [2.24, 2.45) is 0 Å². The predicted molar refractivity (Wildman–Crippen MR) is 89.2 cm³/mol. The van der Waals surface area contributed by atoms with Gasteiger partial charge in [0.1, 0.15) is 0 Å². The Morgan fingerprint density at radius 1 is 1.08 bits per heavy atom. The Kier molecular flexibility index (Phi) is 4.04. The standard InChI is InChI=1S/C15H21N9O/c1-10(2)14-16-15(25-19-14)11(3)22-6-8-23(9-7-22)13-5-4-12-17-20-21-24(12)18-13/h4-5,10-11H,6-9H2,1-3H3/t11-/m0/s1. The number of nitrogens with zero attached hydrogens (tertiary/aromatic N) is 9. The number of tetrazole rings is 1. The van der Waals surface area contributed by atoms with Gasteiger partial charge >= 0.3 is 0 Å². The second kappa shape index (κ2) is 6.36. The van der Waals surface area contributed by atoms with Crippen LogP contribution in [0, 0.1) is 0 Å². The average Bonchev–Trinajstić information content (AvgIpc) is 3.30. The summed E-state index contributed by atoms with van der Waals surface area (Å²) in [4.78, 5) is 9.10. The molecule has 1 aliphatic rings. The molecule has 132 valence electrons. The highest BCUT2D eigenvalue weighted by Crippen LogP contribution is 2.23. The molecule has 0 spiro atoms. The minimum absolute atomic E-state index is 0.108. The predicted octanol–water partition coefficient (Wildman–Crippen LogP) is 0.909. The van der Waals surface area contributed by atoms with E-state index >= 15 is 0 Å². The van der Waals surface area contributed by atoms with E-state index in [1.54, 1.807) is 0 Å². The molecule has 0 aromatic carbocycles. The van der Waals surface area contributed by atoms with E-state index in [1.165, 1.54) is 4.63 Å². The SMILES string of the molecule is CC(C)c1noc([C@H](C)N2CCN(c3ccc4nnnn4n3)CC2)n1. The molecule has 0 bridgehead atoms. The van der Waals surface area contributed by atoms with Crippen LogP contribution in [0.3, 0.4) is 0 Å². The molecule has 0 unspecified atom stereocenters. The molecule has 10 heteroatoms. The third-order valence-corrected chi connectivity index (χ3v) is 4.57. The molecule has 3 aromatic rings. The van der Waals surface area contributed by atoms with E-state index in [1.807, 2.05) is 12.1 Å². The van der Waals surface area contributed by atoms with Gasteiger partial charge in [-0.2, -0.15) is 4.98 Å². The Labute approximate surface area is 144 Å². The lowest BCUT2D eigenvalue weighted by Crippen LogP contribution is -2.47. The zero-order valence-corrected chi connectivity index (χ0v) is 14.6. The van der Waals surface area contributed by atoms with Crippen molar-refractivity contribution in [1.29, 1.82) is 0 Å². The molecular weight excluding hydrogens is 322 g/mol. The first-order valence-electron chi connectivity index (χ1n) is 8.50. The summed E-state index contributed by atoms with van der Waals surface area (Å²) in [5.74, 6) is 2.60. The maximum Gasteiger partial charge on any atom is 0.243 e. The summed E-state index contributed by atoms with van der Waals surface area (Å²) in [7, 11) is 0. The van der Waals surface area contributed by atoms with Crippen molar-refractivity contribution in [2.75, 3.05) is 31.1 Å². The van der Waals surface area contributed by atoms with Gasteiger partial charge in [0.2, 0.25) is 5.89 Å². The molecule has 3 aromatic heterocycles. The smallest absolute Gasteiger partial charge is 0.243 e. The number of fused-ring (bicyclic) bond motifs is 1. The monoisotopic (exact) mass is 343 g/mol. The third-order valence-electron chi connectivity index (χ3n) is 4.57. The lowest BCUT2D eigenvalue weighted by Gasteiger charge is -2.37. The first kappa shape index (κ1) is 15.9. The highest BCUT2D eigenvalue weighted by atomic mass is 16.5. The summed E-state index contributed by atoms with van der Waals surface area (Å²) in [6.45, 7) is 9.77. The second-order valence-electron chi connectivity index (χ2n) is 6.56. The van der Waals surface area contributed by atoms with Crippen LogP contribution in [0.4, 0.5) is 5.82 Å². The number of hydrogen-bond donors (Lipinski definition) is 0. The van der Waals surface area contributed by atoms with Gasteiger partial charge in [0, 0.05) is 32.1 Å². The fraction of sp³-hybridized carbons (Fsp3) is 0.600. The molecule has 4 heterocycles. The number of hydrogen-bond acceptors (Lipinski definition) is 9. The van der Waals surface area contributed by atoms with Crippen molar-refractivity contribution in [3.8, 4) is 0 Å². The minimum atomic E-state index is 0.108. The molecule has 1 atom stereocenters. The summed E-state index contributed by atoms with van der Waals surface area (Å²) < 4.78 is 6.89. The van der Waals surface area contributed by atoms with E-state index in [2.05, 4.69) is 61.3 Å². The highest BCUT2D eigenvalue weighted by Gasteiger charge is 2.26. The maximum absolute atomic E-state index is 5.44.